The minimum absolute atomic E-state index is 0.0452. The first-order valence-electron chi connectivity index (χ1n) is 9.15. The number of sulfone groups is 1. The summed E-state index contributed by atoms with van der Waals surface area (Å²) in [7, 11) is -3.13. The normalized spacial score (nSPS) is 18.5. The van der Waals surface area contributed by atoms with Crippen molar-refractivity contribution in [3.63, 3.8) is 0 Å². The van der Waals surface area contributed by atoms with Crippen molar-refractivity contribution in [2.24, 2.45) is 5.92 Å². The van der Waals surface area contributed by atoms with Gasteiger partial charge in [-0.05, 0) is 25.3 Å². The minimum Gasteiger partial charge on any atom is -0.452 e. The molecule has 0 N–H and O–H groups in total. The van der Waals surface area contributed by atoms with E-state index >= 15 is 0 Å². The van der Waals surface area contributed by atoms with E-state index in [9.17, 15) is 18.0 Å². The van der Waals surface area contributed by atoms with Gasteiger partial charge in [-0.15, -0.1) is 0 Å². The zero-order chi connectivity index (χ0) is 20.5. The smallest absolute Gasteiger partial charge is 0.344 e. The second kappa shape index (κ2) is 7.86. The summed E-state index contributed by atoms with van der Waals surface area (Å²) in [6.07, 6.45) is 3.62. The van der Waals surface area contributed by atoms with Crippen LogP contribution >= 0.6 is 0 Å². The number of aryl methyl sites for hydroxylation is 1. The Labute approximate surface area is 163 Å². The van der Waals surface area contributed by atoms with Crippen LogP contribution in [0.3, 0.4) is 0 Å². The van der Waals surface area contributed by atoms with Crippen molar-refractivity contribution < 1.29 is 22.7 Å². The van der Waals surface area contributed by atoms with E-state index in [1.54, 1.807) is 25.4 Å². The van der Waals surface area contributed by atoms with E-state index in [1.165, 1.54) is 9.42 Å². The van der Waals surface area contributed by atoms with Gasteiger partial charge in [-0.3, -0.25) is 4.79 Å². The molecular weight excluding hydrogens is 384 g/mol. The topological polar surface area (TPSA) is 111 Å². The molecule has 0 aromatic carbocycles. The lowest BCUT2D eigenvalue weighted by atomic mass is 10.1. The third kappa shape index (κ3) is 4.32. The van der Waals surface area contributed by atoms with Gasteiger partial charge in [0.15, 0.2) is 22.1 Å². The van der Waals surface area contributed by atoms with Gasteiger partial charge in [-0.1, -0.05) is 13.8 Å². The highest BCUT2D eigenvalue weighted by molar-refractivity contribution is 7.91. The van der Waals surface area contributed by atoms with Crippen molar-refractivity contribution in [1.82, 2.24) is 19.5 Å². The summed E-state index contributed by atoms with van der Waals surface area (Å²) in [5, 5.41) is 4.21. The van der Waals surface area contributed by atoms with Crippen molar-refractivity contribution in [1.29, 1.82) is 0 Å². The van der Waals surface area contributed by atoms with Crippen LogP contribution in [0.15, 0.2) is 18.5 Å². The molecule has 1 aliphatic heterocycles. The highest BCUT2D eigenvalue weighted by atomic mass is 32.2. The predicted molar refractivity (Wildman–Crippen MR) is 102 cm³/mol. The van der Waals surface area contributed by atoms with Crippen molar-refractivity contribution in [3.8, 4) is 0 Å². The largest absolute Gasteiger partial charge is 0.452 e. The van der Waals surface area contributed by atoms with Gasteiger partial charge in [0.1, 0.15) is 5.56 Å². The van der Waals surface area contributed by atoms with Gasteiger partial charge in [-0.2, -0.15) is 5.10 Å². The number of carbonyl (C=O) groups is 2. The molecule has 9 nitrogen and oxygen atoms in total. The van der Waals surface area contributed by atoms with Crippen LogP contribution < -0.4 is 0 Å². The third-order valence-corrected chi connectivity index (χ3v) is 6.38. The van der Waals surface area contributed by atoms with Crippen LogP contribution in [-0.2, 0) is 19.4 Å². The Morgan fingerprint density at radius 2 is 2.14 bits per heavy atom. The van der Waals surface area contributed by atoms with Gasteiger partial charge in [0.2, 0.25) is 0 Å². The average Bonchev–Trinajstić information content (AvgIpc) is 3.15. The maximum Gasteiger partial charge on any atom is 0.344 e. The molecule has 0 radical (unpaired) electrons. The maximum absolute atomic E-state index is 12.7. The van der Waals surface area contributed by atoms with Gasteiger partial charge < -0.3 is 9.64 Å². The van der Waals surface area contributed by atoms with Gasteiger partial charge in [0.25, 0.3) is 5.91 Å². The lowest BCUT2D eigenvalue weighted by Gasteiger charge is -2.29. The molecule has 0 saturated carbocycles. The zero-order valence-electron chi connectivity index (χ0n) is 16.2. The number of amides is 1. The molecule has 152 valence electrons. The van der Waals surface area contributed by atoms with Crippen LogP contribution in [0.1, 0.15) is 36.3 Å². The molecule has 28 heavy (non-hydrogen) atoms. The van der Waals surface area contributed by atoms with Crippen LogP contribution in [0.2, 0.25) is 0 Å². The Bertz CT molecular complexity index is 999. The standard InChI is InChI=1S/C18H24N4O5S/c1-12(2)9-21(14-5-8-28(25,26)11-14)15(23)10-27-18(24)16-13(3)20-22-7-4-6-19-17(16)22/h4,6-7,12,14H,5,8-11H2,1-3H3. The van der Waals surface area contributed by atoms with E-state index < -0.39 is 28.3 Å². The molecule has 2 aromatic heterocycles. The first-order valence-corrected chi connectivity index (χ1v) is 11.0. The first kappa shape index (κ1) is 20.2. The molecule has 1 atom stereocenters. The van der Waals surface area contributed by atoms with Crippen molar-refractivity contribution in [2.75, 3.05) is 24.7 Å². The van der Waals surface area contributed by atoms with Crippen molar-refractivity contribution >= 4 is 27.4 Å². The predicted octanol–water partition coefficient (Wildman–Crippen LogP) is 0.866. The lowest BCUT2D eigenvalue weighted by molar-refractivity contribution is -0.137. The third-order valence-electron chi connectivity index (χ3n) is 4.63. The van der Waals surface area contributed by atoms with Gasteiger partial charge in [0, 0.05) is 25.0 Å². The Kier molecular flexibility index (Phi) is 5.69. The van der Waals surface area contributed by atoms with Crippen molar-refractivity contribution in [3.05, 3.63) is 29.7 Å². The second-order valence-corrected chi connectivity index (χ2v) is 9.65. The number of rotatable bonds is 6. The fourth-order valence-electron chi connectivity index (χ4n) is 3.39. The number of aromatic nitrogens is 3. The molecule has 1 saturated heterocycles. The monoisotopic (exact) mass is 408 g/mol. The van der Waals surface area contributed by atoms with Crippen LogP contribution in [0.4, 0.5) is 0 Å². The summed E-state index contributed by atoms with van der Waals surface area (Å²) in [5.74, 6) is -0.883. The van der Waals surface area contributed by atoms with Crippen LogP contribution in [0.25, 0.3) is 5.65 Å². The number of esters is 1. The van der Waals surface area contributed by atoms with Crippen LogP contribution in [-0.4, -0.2) is 70.5 Å². The van der Waals surface area contributed by atoms with E-state index in [-0.39, 0.29) is 29.0 Å². The van der Waals surface area contributed by atoms with Gasteiger partial charge in [0.05, 0.1) is 17.2 Å². The Morgan fingerprint density at radius 1 is 1.39 bits per heavy atom. The zero-order valence-corrected chi connectivity index (χ0v) is 17.0. The first-order chi connectivity index (χ1) is 13.2. The Balaban J connectivity index is 1.71. The molecule has 1 aliphatic rings. The number of hydrogen-bond donors (Lipinski definition) is 0. The Hall–Kier alpha value is -2.49. The molecule has 0 aliphatic carbocycles. The molecule has 1 unspecified atom stereocenters. The minimum atomic E-state index is -3.13. The van der Waals surface area contributed by atoms with Crippen molar-refractivity contribution in [2.45, 2.75) is 33.2 Å². The van der Waals surface area contributed by atoms with Gasteiger partial charge in [-0.25, -0.2) is 22.7 Å². The summed E-state index contributed by atoms with van der Waals surface area (Å²) in [6.45, 7) is 5.52. The van der Waals surface area contributed by atoms with E-state index in [2.05, 4.69) is 10.1 Å². The molecule has 1 fully saturated rings. The fraction of sp³-hybridized carbons (Fsp3) is 0.556. The SMILES string of the molecule is Cc1nn2cccnc2c1C(=O)OCC(=O)N(CC(C)C)C1CCS(=O)(=O)C1. The average molecular weight is 408 g/mol. The number of nitrogens with zero attached hydrogens (tertiary/aromatic N) is 4. The van der Waals surface area contributed by atoms with Crippen LogP contribution in [0.5, 0.6) is 0 Å². The number of ether oxygens (including phenoxy) is 1. The number of hydrogen-bond acceptors (Lipinski definition) is 7. The molecule has 0 bridgehead atoms. The summed E-state index contributed by atoms with van der Waals surface area (Å²) in [4.78, 5) is 30.9. The Morgan fingerprint density at radius 3 is 2.79 bits per heavy atom. The van der Waals surface area contributed by atoms with E-state index in [4.69, 9.17) is 4.74 Å². The highest BCUT2D eigenvalue weighted by Gasteiger charge is 2.35. The highest BCUT2D eigenvalue weighted by Crippen LogP contribution is 2.20. The van der Waals surface area contributed by atoms with E-state index in [1.807, 2.05) is 13.8 Å². The second-order valence-electron chi connectivity index (χ2n) is 7.42. The maximum atomic E-state index is 12.7. The lowest BCUT2D eigenvalue weighted by Crippen LogP contribution is -2.45. The molecule has 3 rings (SSSR count). The quantitative estimate of drug-likeness (QED) is 0.652. The molecular formula is C18H24N4O5S. The molecule has 1 amide bonds. The summed E-state index contributed by atoms with van der Waals surface area (Å²) in [5.41, 5.74) is 1.03. The van der Waals surface area contributed by atoms with E-state index in [0.717, 1.165) is 0 Å². The molecule has 2 aromatic rings. The van der Waals surface area contributed by atoms with Crippen LogP contribution in [0, 0.1) is 12.8 Å². The summed E-state index contributed by atoms with van der Waals surface area (Å²) in [6, 6.07) is 1.32. The number of fused-ring (bicyclic) bond motifs is 1. The summed E-state index contributed by atoms with van der Waals surface area (Å²) >= 11 is 0. The molecule has 0 spiro atoms. The molecule has 3 heterocycles. The van der Waals surface area contributed by atoms with Gasteiger partial charge >= 0.3 is 5.97 Å². The van der Waals surface area contributed by atoms with E-state index in [0.29, 0.717) is 24.3 Å². The molecule has 10 heteroatoms. The summed E-state index contributed by atoms with van der Waals surface area (Å²) < 4.78 is 30.3. The number of carbonyl (C=O) groups excluding carboxylic acids is 2. The fourth-order valence-corrected chi connectivity index (χ4v) is 5.12.